The van der Waals surface area contributed by atoms with E-state index >= 15 is 0 Å². The third kappa shape index (κ3) is 3.85. The van der Waals surface area contributed by atoms with Crippen LogP contribution in [-0.2, 0) is 0 Å². The zero-order valence-corrected chi connectivity index (χ0v) is 13.7. The van der Waals surface area contributed by atoms with Gasteiger partial charge >= 0.3 is 0 Å². The molecule has 1 aliphatic rings. The van der Waals surface area contributed by atoms with Gasteiger partial charge in [0, 0.05) is 12.1 Å². The highest BCUT2D eigenvalue weighted by molar-refractivity contribution is 5.32. The van der Waals surface area contributed by atoms with E-state index in [1.807, 2.05) is 0 Å². The Bertz CT molecular complexity index is 418. The molecule has 1 nitrogen and oxygen atoms in total. The molecule has 1 aromatic rings. The van der Waals surface area contributed by atoms with Crippen LogP contribution in [0.3, 0.4) is 0 Å². The van der Waals surface area contributed by atoms with Gasteiger partial charge in [0.15, 0.2) is 0 Å². The van der Waals surface area contributed by atoms with Crippen LogP contribution in [0, 0.1) is 19.8 Å². The summed E-state index contributed by atoms with van der Waals surface area (Å²) in [5.41, 5.74) is 4.25. The van der Waals surface area contributed by atoms with E-state index in [1.54, 1.807) is 0 Å². The quantitative estimate of drug-likeness (QED) is 0.766. The summed E-state index contributed by atoms with van der Waals surface area (Å²) < 4.78 is 0. The van der Waals surface area contributed by atoms with Gasteiger partial charge in [0.05, 0.1) is 0 Å². The molecule has 1 saturated carbocycles. The van der Waals surface area contributed by atoms with E-state index in [2.05, 4.69) is 51.2 Å². The molecule has 0 bridgehead atoms. The lowest BCUT2D eigenvalue weighted by atomic mass is 9.82. The highest BCUT2D eigenvalue weighted by Crippen LogP contribution is 2.29. The molecule has 2 unspecified atom stereocenters. The van der Waals surface area contributed by atoms with Crippen LogP contribution in [0.1, 0.15) is 75.1 Å². The minimum atomic E-state index is 0.460. The van der Waals surface area contributed by atoms with Gasteiger partial charge < -0.3 is 5.32 Å². The fourth-order valence-corrected chi connectivity index (χ4v) is 3.76. The van der Waals surface area contributed by atoms with Crippen LogP contribution >= 0.6 is 0 Å². The van der Waals surface area contributed by atoms with Crippen LogP contribution in [-0.4, -0.2) is 6.04 Å². The van der Waals surface area contributed by atoms with Gasteiger partial charge in [-0.2, -0.15) is 0 Å². The molecule has 1 fully saturated rings. The first-order valence-corrected chi connectivity index (χ1v) is 8.45. The Balaban J connectivity index is 2.04. The molecule has 2 atom stereocenters. The van der Waals surface area contributed by atoms with E-state index < -0.39 is 0 Å². The van der Waals surface area contributed by atoms with Crippen molar-refractivity contribution in [2.45, 2.75) is 78.3 Å². The number of hydrogen-bond acceptors (Lipinski definition) is 1. The van der Waals surface area contributed by atoms with Crippen LogP contribution in [0.25, 0.3) is 0 Å². The number of nitrogens with one attached hydrogen (secondary N) is 1. The first-order valence-electron chi connectivity index (χ1n) is 8.45. The summed E-state index contributed by atoms with van der Waals surface area (Å²) in [4.78, 5) is 0. The van der Waals surface area contributed by atoms with Crippen LogP contribution in [0.2, 0.25) is 0 Å². The van der Waals surface area contributed by atoms with Crippen molar-refractivity contribution in [3.8, 4) is 0 Å². The zero-order valence-electron chi connectivity index (χ0n) is 13.7. The Morgan fingerprint density at radius 3 is 2.50 bits per heavy atom. The highest BCUT2D eigenvalue weighted by atomic mass is 15.0. The molecule has 1 N–H and O–H groups in total. The van der Waals surface area contributed by atoms with E-state index in [4.69, 9.17) is 0 Å². The number of aryl methyl sites for hydroxylation is 2. The van der Waals surface area contributed by atoms with Crippen molar-refractivity contribution >= 4 is 0 Å². The third-order valence-electron chi connectivity index (χ3n) is 5.02. The fourth-order valence-electron chi connectivity index (χ4n) is 3.76. The van der Waals surface area contributed by atoms with Crippen molar-refractivity contribution in [1.82, 2.24) is 5.32 Å². The van der Waals surface area contributed by atoms with Crippen LogP contribution in [0.5, 0.6) is 0 Å². The molecule has 2 rings (SSSR count). The minimum absolute atomic E-state index is 0.460. The molecule has 1 aromatic carbocycles. The Morgan fingerprint density at radius 1 is 1.15 bits per heavy atom. The van der Waals surface area contributed by atoms with Crippen molar-refractivity contribution in [3.63, 3.8) is 0 Å². The van der Waals surface area contributed by atoms with Crippen molar-refractivity contribution < 1.29 is 0 Å². The van der Waals surface area contributed by atoms with Crippen LogP contribution in [0.4, 0.5) is 0 Å². The van der Waals surface area contributed by atoms with Crippen molar-refractivity contribution in [2.24, 2.45) is 5.92 Å². The molecule has 112 valence electrons. The van der Waals surface area contributed by atoms with Gasteiger partial charge in [-0.1, -0.05) is 49.9 Å². The van der Waals surface area contributed by atoms with Gasteiger partial charge in [0.1, 0.15) is 0 Å². The van der Waals surface area contributed by atoms with Crippen LogP contribution in [0.15, 0.2) is 18.2 Å². The van der Waals surface area contributed by atoms with Crippen molar-refractivity contribution in [3.05, 3.63) is 34.9 Å². The number of rotatable bonds is 5. The normalized spacial score (nSPS) is 19.8. The fraction of sp³-hybridized carbons (Fsp3) is 0.684. The van der Waals surface area contributed by atoms with E-state index in [-0.39, 0.29) is 0 Å². The molecule has 20 heavy (non-hydrogen) atoms. The van der Waals surface area contributed by atoms with Gasteiger partial charge in [-0.25, -0.2) is 0 Å². The topological polar surface area (TPSA) is 12.0 Å². The summed E-state index contributed by atoms with van der Waals surface area (Å²) in [6, 6.07) is 7.96. The van der Waals surface area contributed by atoms with E-state index in [1.165, 1.54) is 55.2 Å². The largest absolute Gasteiger partial charge is 0.307 e. The molecule has 0 spiro atoms. The first-order chi connectivity index (χ1) is 9.61. The lowest BCUT2D eigenvalue weighted by molar-refractivity contribution is 0.249. The lowest BCUT2D eigenvalue weighted by Crippen LogP contribution is -2.38. The van der Waals surface area contributed by atoms with E-state index in [0.717, 1.165) is 5.92 Å². The van der Waals surface area contributed by atoms with E-state index in [9.17, 15) is 0 Å². The summed E-state index contributed by atoms with van der Waals surface area (Å²) in [5, 5.41) is 3.92. The molecule has 0 aromatic heterocycles. The Labute approximate surface area is 125 Å². The van der Waals surface area contributed by atoms with Gasteiger partial charge in [-0.15, -0.1) is 0 Å². The second-order valence-corrected chi connectivity index (χ2v) is 6.66. The van der Waals surface area contributed by atoms with E-state index in [0.29, 0.717) is 12.1 Å². The second kappa shape index (κ2) is 7.26. The lowest BCUT2D eigenvalue weighted by Gasteiger charge is -2.33. The summed E-state index contributed by atoms with van der Waals surface area (Å²) >= 11 is 0. The Morgan fingerprint density at radius 2 is 1.85 bits per heavy atom. The Hall–Kier alpha value is -0.820. The monoisotopic (exact) mass is 273 g/mol. The molecule has 0 aliphatic heterocycles. The third-order valence-corrected chi connectivity index (χ3v) is 5.02. The smallest absolute Gasteiger partial charge is 0.0297 e. The van der Waals surface area contributed by atoms with Gasteiger partial charge in [-0.05, 0) is 57.1 Å². The van der Waals surface area contributed by atoms with Gasteiger partial charge in [0.2, 0.25) is 0 Å². The molecule has 0 heterocycles. The molecule has 1 heteroatoms. The average Bonchev–Trinajstić information content (AvgIpc) is 2.48. The Kier molecular flexibility index (Phi) is 5.65. The van der Waals surface area contributed by atoms with Gasteiger partial charge in [-0.3, -0.25) is 0 Å². The molecule has 0 radical (unpaired) electrons. The number of hydrogen-bond donors (Lipinski definition) is 1. The molecule has 1 aliphatic carbocycles. The molecule has 0 saturated heterocycles. The predicted molar refractivity (Wildman–Crippen MR) is 88.1 cm³/mol. The average molecular weight is 273 g/mol. The van der Waals surface area contributed by atoms with Crippen LogP contribution < -0.4 is 5.32 Å². The predicted octanol–water partition coefficient (Wildman–Crippen LogP) is 5.31. The molecular weight excluding hydrogens is 242 g/mol. The summed E-state index contributed by atoms with van der Waals surface area (Å²) in [6.07, 6.45) is 8.40. The molecular formula is C19H31N. The van der Waals surface area contributed by atoms with Crippen molar-refractivity contribution in [1.29, 1.82) is 0 Å². The number of benzene rings is 1. The zero-order chi connectivity index (χ0) is 14.5. The summed E-state index contributed by atoms with van der Waals surface area (Å²) in [5.74, 6) is 0.890. The van der Waals surface area contributed by atoms with Crippen molar-refractivity contribution in [2.75, 3.05) is 0 Å². The maximum atomic E-state index is 3.92. The standard InChI is InChI=1S/C19H31N/c1-5-19(17-9-7-6-8-10-17)20-16(4)18-13-14(2)11-12-15(18)3/h11-13,16-17,19-20H,5-10H2,1-4H3. The maximum Gasteiger partial charge on any atom is 0.0297 e. The summed E-state index contributed by atoms with van der Waals surface area (Å²) in [7, 11) is 0. The molecule has 0 amide bonds. The summed E-state index contributed by atoms with van der Waals surface area (Å²) in [6.45, 7) is 9.08. The SMILES string of the molecule is CCC(NC(C)c1cc(C)ccc1C)C1CCCCC1. The first kappa shape index (κ1) is 15.6. The minimum Gasteiger partial charge on any atom is -0.307 e. The highest BCUT2D eigenvalue weighted by Gasteiger charge is 2.24. The maximum absolute atomic E-state index is 3.92. The van der Waals surface area contributed by atoms with Gasteiger partial charge in [0.25, 0.3) is 0 Å². The second-order valence-electron chi connectivity index (χ2n) is 6.66.